The zero-order valence-corrected chi connectivity index (χ0v) is 17.5. The molecule has 3 aromatic rings. The molecule has 0 aliphatic heterocycles. The molecule has 2 aromatic carbocycles. The molecule has 0 spiro atoms. The summed E-state index contributed by atoms with van der Waals surface area (Å²) in [5.74, 6) is 2.04. The Balaban J connectivity index is 1.94. The summed E-state index contributed by atoms with van der Waals surface area (Å²) in [5, 5.41) is 0. The normalized spacial score (nSPS) is 12.3. The molecule has 1 aromatic heterocycles. The molecule has 25 heavy (non-hydrogen) atoms. The minimum atomic E-state index is 0.270. The van der Waals surface area contributed by atoms with Crippen LogP contribution in [0.1, 0.15) is 41.5 Å². The Labute approximate surface area is 166 Å². The maximum atomic E-state index is 6.30. The Bertz CT molecular complexity index is 794. The molecule has 0 aliphatic carbocycles. The van der Waals surface area contributed by atoms with Gasteiger partial charge in [0.15, 0.2) is 0 Å². The van der Waals surface area contributed by atoms with Crippen LogP contribution in [0.25, 0.3) is 11.3 Å². The number of hydrogen-bond donors (Lipinski definition) is 0. The number of furan rings is 1. The van der Waals surface area contributed by atoms with Crippen LogP contribution >= 0.6 is 31.9 Å². The zero-order chi connectivity index (χ0) is 17.6. The van der Waals surface area contributed by atoms with Crippen molar-refractivity contribution in [1.29, 1.82) is 0 Å². The maximum Gasteiger partial charge on any atom is 0.148 e. The van der Waals surface area contributed by atoms with Crippen molar-refractivity contribution in [2.45, 2.75) is 37.4 Å². The first-order chi connectivity index (χ1) is 12.2. The third-order valence-corrected chi connectivity index (χ3v) is 6.06. The van der Waals surface area contributed by atoms with Crippen molar-refractivity contribution in [1.82, 2.24) is 0 Å². The van der Waals surface area contributed by atoms with Gasteiger partial charge in [0.1, 0.15) is 11.5 Å². The lowest BCUT2D eigenvalue weighted by Crippen LogP contribution is -1.98. The van der Waals surface area contributed by atoms with Crippen LogP contribution in [0.3, 0.4) is 0 Å². The monoisotopic (exact) mass is 460 g/mol. The molecular weight excluding hydrogens is 440 g/mol. The molecule has 1 unspecified atom stereocenters. The van der Waals surface area contributed by atoms with E-state index in [1.807, 2.05) is 18.2 Å². The number of alkyl halides is 1. The van der Waals surface area contributed by atoms with Crippen LogP contribution in [0, 0.1) is 0 Å². The smallest absolute Gasteiger partial charge is 0.148 e. The van der Waals surface area contributed by atoms with Crippen LogP contribution in [0.2, 0.25) is 0 Å². The topological polar surface area (TPSA) is 13.1 Å². The second-order valence-corrected chi connectivity index (χ2v) is 8.10. The first-order valence-electron chi connectivity index (χ1n) is 8.75. The quantitative estimate of drug-likeness (QED) is 0.328. The fourth-order valence-electron chi connectivity index (χ4n) is 2.97. The van der Waals surface area contributed by atoms with Crippen molar-refractivity contribution in [3.63, 3.8) is 0 Å². The lowest BCUT2D eigenvalue weighted by Gasteiger charge is -2.11. The molecule has 3 heteroatoms. The molecule has 0 amide bonds. The Morgan fingerprint density at radius 3 is 2.24 bits per heavy atom. The molecule has 0 bridgehead atoms. The summed E-state index contributed by atoms with van der Waals surface area (Å²) in [6.45, 7) is 2.22. The van der Waals surface area contributed by atoms with Gasteiger partial charge in [-0.1, -0.05) is 89.9 Å². The van der Waals surface area contributed by atoms with Gasteiger partial charge in [-0.2, -0.15) is 0 Å². The third-order valence-electron chi connectivity index (χ3n) is 4.36. The van der Waals surface area contributed by atoms with E-state index in [4.69, 9.17) is 4.42 Å². The average Bonchev–Trinajstić information content (AvgIpc) is 2.97. The zero-order valence-electron chi connectivity index (χ0n) is 14.3. The summed E-state index contributed by atoms with van der Waals surface area (Å²) >= 11 is 7.68. The lowest BCUT2D eigenvalue weighted by atomic mass is 10.0. The van der Waals surface area contributed by atoms with Crippen LogP contribution in [0.5, 0.6) is 0 Å². The highest BCUT2D eigenvalue weighted by Crippen LogP contribution is 2.40. The van der Waals surface area contributed by atoms with Crippen molar-refractivity contribution in [2.75, 3.05) is 0 Å². The van der Waals surface area contributed by atoms with Gasteiger partial charge in [-0.3, -0.25) is 0 Å². The van der Waals surface area contributed by atoms with Gasteiger partial charge in [0.2, 0.25) is 0 Å². The maximum absolute atomic E-state index is 6.30. The van der Waals surface area contributed by atoms with E-state index in [9.17, 15) is 0 Å². The number of hydrogen-bond acceptors (Lipinski definition) is 1. The summed E-state index contributed by atoms with van der Waals surface area (Å²) in [5.41, 5.74) is 3.68. The lowest BCUT2D eigenvalue weighted by molar-refractivity contribution is 0.506. The summed E-state index contributed by atoms with van der Waals surface area (Å²) < 4.78 is 7.39. The van der Waals surface area contributed by atoms with Gasteiger partial charge in [0.05, 0.1) is 4.47 Å². The molecule has 1 heterocycles. The minimum Gasteiger partial charge on any atom is -0.460 e. The van der Waals surface area contributed by atoms with Crippen LogP contribution < -0.4 is 0 Å². The summed E-state index contributed by atoms with van der Waals surface area (Å²) in [4.78, 5) is 0.270. The first kappa shape index (κ1) is 18.5. The second kappa shape index (κ2) is 8.86. The van der Waals surface area contributed by atoms with Crippen LogP contribution in [-0.2, 0) is 12.8 Å². The van der Waals surface area contributed by atoms with Crippen molar-refractivity contribution < 1.29 is 4.42 Å². The van der Waals surface area contributed by atoms with E-state index in [2.05, 4.69) is 81.2 Å². The Kier molecular flexibility index (Phi) is 6.55. The van der Waals surface area contributed by atoms with E-state index >= 15 is 0 Å². The van der Waals surface area contributed by atoms with Gasteiger partial charge in [-0.05, 0) is 34.3 Å². The molecule has 130 valence electrons. The molecule has 0 saturated carbocycles. The Morgan fingerprint density at radius 1 is 0.960 bits per heavy atom. The fraction of sp³-hybridized carbons (Fsp3) is 0.273. The van der Waals surface area contributed by atoms with Gasteiger partial charge in [-0.15, -0.1) is 0 Å². The minimum absolute atomic E-state index is 0.270. The molecule has 0 fully saturated rings. The average molecular weight is 462 g/mol. The Morgan fingerprint density at radius 2 is 1.60 bits per heavy atom. The predicted octanol–water partition coefficient (Wildman–Crippen LogP) is 7.73. The highest BCUT2D eigenvalue weighted by atomic mass is 79.9. The number of unbranched alkanes of at least 4 members (excludes halogenated alkanes) is 1. The molecule has 0 aliphatic rings. The number of halogens is 2. The van der Waals surface area contributed by atoms with Gasteiger partial charge < -0.3 is 4.42 Å². The number of aryl methyl sites for hydroxylation is 1. The first-order valence-corrected chi connectivity index (χ1v) is 10.5. The van der Waals surface area contributed by atoms with Gasteiger partial charge in [0, 0.05) is 22.4 Å². The summed E-state index contributed by atoms with van der Waals surface area (Å²) in [6.07, 6.45) is 4.18. The standard InChI is InChI=1S/C22H22Br2O/c1-2-3-14-20-18(15-19(23)16-10-6-4-7-11-16)21(24)22(25-20)17-12-8-5-9-13-17/h4-13,19H,2-3,14-15H2,1H3. The molecule has 0 radical (unpaired) electrons. The van der Waals surface area contributed by atoms with E-state index in [1.165, 1.54) is 11.1 Å². The van der Waals surface area contributed by atoms with Crippen molar-refractivity contribution >= 4 is 31.9 Å². The second-order valence-electron chi connectivity index (χ2n) is 6.20. The number of benzene rings is 2. The molecule has 0 N–H and O–H groups in total. The SMILES string of the molecule is CCCCc1oc(-c2ccccc2)c(Br)c1CC(Br)c1ccccc1. The van der Waals surface area contributed by atoms with Gasteiger partial charge in [-0.25, -0.2) is 0 Å². The van der Waals surface area contributed by atoms with Crippen molar-refractivity contribution in [3.05, 3.63) is 82.0 Å². The van der Waals surface area contributed by atoms with Crippen LogP contribution in [-0.4, -0.2) is 0 Å². The van der Waals surface area contributed by atoms with Gasteiger partial charge in [0.25, 0.3) is 0 Å². The highest BCUT2D eigenvalue weighted by molar-refractivity contribution is 9.10. The molecule has 0 saturated heterocycles. The van der Waals surface area contributed by atoms with Crippen molar-refractivity contribution in [2.24, 2.45) is 0 Å². The fourth-order valence-corrected chi connectivity index (χ4v) is 4.29. The molecule has 3 rings (SSSR count). The van der Waals surface area contributed by atoms with Gasteiger partial charge >= 0.3 is 0 Å². The van der Waals surface area contributed by atoms with E-state index in [1.54, 1.807) is 0 Å². The van der Waals surface area contributed by atoms with E-state index in [-0.39, 0.29) is 4.83 Å². The predicted molar refractivity (Wildman–Crippen MR) is 112 cm³/mol. The van der Waals surface area contributed by atoms with Crippen LogP contribution in [0.4, 0.5) is 0 Å². The van der Waals surface area contributed by atoms with Crippen LogP contribution in [0.15, 0.2) is 69.6 Å². The Hall–Kier alpha value is -1.32. The summed E-state index contributed by atoms with van der Waals surface area (Å²) in [7, 11) is 0. The number of rotatable bonds is 7. The third kappa shape index (κ3) is 4.45. The highest BCUT2D eigenvalue weighted by Gasteiger charge is 2.22. The molecule has 1 nitrogen and oxygen atoms in total. The largest absolute Gasteiger partial charge is 0.460 e. The van der Waals surface area contributed by atoms with Crippen molar-refractivity contribution in [3.8, 4) is 11.3 Å². The van der Waals surface area contributed by atoms with E-state index in [0.717, 1.165) is 47.2 Å². The molecular formula is C22H22Br2O. The summed E-state index contributed by atoms with van der Waals surface area (Å²) in [6, 6.07) is 20.9. The molecule has 1 atom stereocenters. The van der Waals surface area contributed by atoms with E-state index < -0.39 is 0 Å². The van der Waals surface area contributed by atoms with E-state index in [0.29, 0.717) is 0 Å².